The molecule has 0 aliphatic carbocycles. The van der Waals surface area contributed by atoms with Crippen molar-refractivity contribution >= 4 is 11.6 Å². The van der Waals surface area contributed by atoms with E-state index in [2.05, 4.69) is 10.6 Å². The quantitative estimate of drug-likeness (QED) is 0.838. The van der Waals surface area contributed by atoms with Crippen molar-refractivity contribution in [2.24, 2.45) is 0 Å². The zero-order valence-electron chi connectivity index (χ0n) is 10.7. The minimum absolute atomic E-state index is 0.0398. The Bertz CT molecular complexity index is 401. The van der Waals surface area contributed by atoms with Gasteiger partial charge in [-0.3, -0.25) is 4.79 Å². The molecular weight excluding hydrogens is 228 g/mol. The van der Waals surface area contributed by atoms with E-state index >= 15 is 0 Å². The summed E-state index contributed by atoms with van der Waals surface area (Å²) < 4.78 is 5.49. The molecule has 1 unspecified atom stereocenters. The average molecular weight is 248 g/mol. The van der Waals surface area contributed by atoms with Gasteiger partial charge in [0.1, 0.15) is 0 Å². The molecule has 2 rings (SSSR count). The van der Waals surface area contributed by atoms with E-state index in [0.29, 0.717) is 12.1 Å². The van der Waals surface area contributed by atoms with Crippen molar-refractivity contribution in [3.05, 3.63) is 29.8 Å². The molecule has 0 spiro atoms. The summed E-state index contributed by atoms with van der Waals surface area (Å²) >= 11 is 0. The molecule has 1 fully saturated rings. The van der Waals surface area contributed by atoms with E-state index in [-0.39, 0.29) is 12.0 Å². The number of hydrogen-bond acceptors (Lipinski definition) is 3. The van der Waals surface area contributed by atoms with Crippen LogP contribution in [-0.2, 0) is 4.74 Å². The number of carbonyl (C=O) groups excluding carboxylic acids is 1. The van der Waals surface area contributed by atoms with Gasteiger partial charge in [-0.15, -0.1) is 0 Å². The van der Waals surface area contributed by atoms with Gasteiger partial charge in [0, 0.05) is 25.4 Å². The van der Waals surface area contributed by atoms with E-state index in [1.807, 2.05) is 31.2 Å². The van der Waals surface area contributed by atoms with Crippen molar-refractivity contribution in [1.29, 1.82) is 0 Å². The standard InChI is InChI=1S/C14H20N2O2/c1-2-15-13-8-4-3-7-12(13)14(17)16-10-11-6-5-9-18-11/h3-4,7-8,11,15H,2,5-6,9-10H2,1H3,(H,16,17). The fourth-order valence-electron chi connectivity index (χ4n) is 2.13. The summed E-state index contributed by atoms with van der Waals surface area (Å²) in [6, 6.07) is 7.56. The van der Waals surface area contributed by atoms with Gasteiger partial charge in [-0.1, -0.05) is 12.1 Å². The van der Waals surface area contributed by atoms with Crippen LogP contribution in [0.15, 0.2) is 24.3 Å². The third-order valence-electron chi connectivity index (χ3n) is 3.05. The van der Waals surface area contributed by atoms with Gasteiger partial charge in [-0.25, -0.2) is 0 Å². The Balaban J connectivity index is 1.94. The molecule has 1 heterocycles. The van der Waals surface area contributed by atoms with Gasteiger partial charge in [0.05, 0.1) is 11.7 Å². The molecule has 1 amide bonds. The molecule has 18 heavy (non-hydrogen) atoms. The first-order chi connectivity index (χ1) is 8.81. The Kier molecular flexibility index (Phi) is 4.59. The van der Waals surface area contributed by atoms with E-state index in [1.54, 1.807) is 0 Å². The molecule has 1 aliphatic rings. The normalized spacial score (nSPS) is 18.6. The predicted octanol–water partition coefficient (Wildman–Crippen LogP) is 2.03. The zero-order chi connectivity index (χ0) is 12.8. The Morgan fingerprint density at radius 3 is 3.00 bits per heavy atom. The molecule has 1 aromatic rings. The first-order valence-electron chi connectivity index (χ1n) is 6.54. The van der Waals surface area contributed by atoms with Crippen LogP contribution in [0.2, 0.25) is 0 Å². The lowest BCUT2D eigenvalue weighted by Crippen LogP contribution is -2.32. The summed E-state index contributed by atoms with van der Waals surface area (Å²) in [6.45, 7) is 4.23. The summed E-state index contributed by atoms with van der Waals surface area (Å²) in [5, 5.41) is 6.13. The van der Waals surface area contributed by atoms with E-state index in [0.717, 1.165) is 31.7 Å². The number of benzene rings is 1. The lowest BCUT2D eigenvalue weighted by Gasteiger charge is -2.13. The number of rotatable bonds is 5. The molecule has 0 saturated carbocycles. The van der Waals surface area contributed by atoms with E-state index in [4.69, 9.17) is 4.74 Å². The maximum Gasteiger partial charge on any atom is 0.253 e. The molecule has 4 nitrogen and oxygen atoms in total. The Morgan fingerprint density at radius 2 is 2.28 bits per heavy atom. The highest BCUT2D eigenvalue weighted by Crippen LogP contribution is 2.15. The van der Waals surface area contributed by atoms with Crippen LogP contribution in [0, 0.1) is 0 Å². The number of anilines is 1. The number of carbonyl (C=O) groups is 1. The Hall–Kier alpha value is -1.55. The highest BCUT2D eigenvalue weighted by atomic mass is 16.5. The highest BCUT2D eigenvalue weighted by molar-refractivity contribution is 5.99. The molecule has 2 N–H and O–H groups in total. The third-order valence-corrected chi connectivity index (χ3v) is 3.05. The summed E-state index contributed by atoms with van der Waals surface area (Å²) in [6.07, 6.45) is 2.31. The largest absolute Gasteiger partial charge is 0.385 e. The van der Waals surface area contributed by atoms with Gasteiger partial charge < -0.3 is 15.4 Å². The minimum atomic E-state index is -0.0398. The van der Waals surface area contributed by atoms with Crippen LogP contribution in [0.25, 0.3) is 0 Å². The maximum absolute atomic E-state index is 12.1. The highest BCUT2D eigenvalue weighted by Gasteiger charge is 2.17. The summed E-state index contributed by atoms with van der Waals surface area (Å²) in [5.41, 5.74) is 1.57. The van der Waals surface area contributed by atoms with E-state index in [1.165, 1.54) is 0 Å². The number of nitrogens with one attached hydrogen (secondary N) is 2. The number of hydrogen-bond donors (Lipinski definition) is 2. The fraction of sp³-hybridized carbons (Fsp3) is 0.500. The molecular formula is C14H20N2O2. The Morgan fingerprint density at radius 1 is 1.44 bits per heavy atom. The van der Waals surface area contributed by atoms with Crippen LogP contribution < -0.4 is 10.6 Å². The van der Waals surface area contributed by atoms with Gasteiger partial charge in [-0.2, -0.15) is 0 Å². The second-order valence-electron chi connectivity index (χ2n) is 4.42. The van der Waals surface area contributed by atoms with Crippen molar-refractivity contribution in [1.82, 2.24) is 5.32 Å². The van der Waals surface area contributed by atoms with E-state index < -0.39 is 0 Å². The van der Waals surface area contributed by atoms with Gasteiger partial charge in [0.2, 0.25) is 0 Å². The monoisotopic (exact) mass is 248 g/mol. The maximum atomic E-state index is 12.1. The number of amides is 1. The first-order valence-corrected chi connectivity index (χ1v) is 6.54. The van der Waals surface area contributed by atoms with Gasteiger partial charge in [0.25, 0.3) is 5.91 Å². The number of para-hydroxylation sites is 1. The fourth-order valence-corrected chi connectivity index (χ4v) is 2.13. The molecule has 1 aliphatic heterocycles. The second kappa shape index (κ2) is 6.40. The predicted molar refractivity (Wildman–Crippen MR) is 71.9 cm³/mol. The molecule has 0 aromatic heterocycles. The van der Waals surface area contributed by atoms with Crippen molar-refractivity contribution in [3.8, 4) is 0 Å². The summed E-state index contributed by atoms with van der Waals surface area (Å²) in [4.78, 5) is 12.1. The summed E-state index contributed by atoms with van der Waals surface area (Å²) in [5.74, 6) is -0.0398. The van der Waals surface area contributed by atoms with Crippen molar-refractivity contribution in [3.63, 3.8) is 0 Å². The molecule has 4 heteroatoms. The third kappa shape index (κ3) is 3.23. The van der Waals surface area contributed by atoms with Crippen molar-refractivity contribution in [2.75, 3.05) is 25.0 Å². The van der Waals surface area contributed by atoms with Gasteiger partial charge in [-0.05, 0) is 31.9 Å². The average Bonchev–Trinajstić information content (AvgIpc) is 2.90. The topological polar surface area (TPSA) is 50.4 Å². The van der Waals surface area contributed by atoms with Crippen LogP contribution >= 0.6 is 0 Å². The molecule has 0 bridgehead atoms. The van der Waals surface area contributed by atoms with Crippen LogP contribution in [0.3, 0.4) is 0 Å². The first kappa shape index (κ1) is 12.9. The van der Waals surface area contributed by atoms with Crippen molar-refractivity contribution < 1.29 is 9.53 Å². The smallest absolute Gasteiger partial charge is 0.253 e. The molecule has 0 radical (unpaired) electrons. The number of ether oxygens (including phenoxy) is 1. The molecule has 1 atom stereocenters. The van der Waals surface area contributed by atoms with Crippen LogP contribution in [-0.4, -0.2) is 31.7 Å². The summed E-state index contributed by atoms with van der Waals surface area (Å²) in [7, 11) is 0. The Labute approximate surface area is 108 Å². The van der Waals surface area contributed by atoms with Gasteiger partial charge in [0.15, 0.2) is 0 Å². The van der Waals surface area contributed by atoms with Crippen LogP contribution in [0.4, 0.5) is 5.69 Å². The zero-order valence-corrected chi connectivity index (χ0v) is 10.7. The second-order valence-corrected chi connectivity index (χ2v) is 4.42. The van der Waals surface area contributed by atoms with Crippen molar-refractivity contribution in [2.45, 2.75) is 25.9 Å². The molecule has 1 aromatic carbocycles. The van der Waals surface area contributed by atoms with Gasteiger partial charge >= 0.3 is 0 Å². The lowest BCUT2D eigenvalue weighted by molar-refractivity contribution is 0.0858. The molecule has 98 valence electrons. The SMILES string of the molecule is CCNc1ccccc1C(=O)NCC1CCCO1. The van der Waals surface area contributed by atoms with Crippen LogP contribution in [0.1, 0.15) is 30.1 Å². The minimum Gasteiger partial charge on any atom is -0.385 e. The van der Waals surface area contributed by atoms with Crippen LogP contribution in [0.5, 0.6) is 0 Å². The molecule has 1 saturated heterocycles. The lowest BCUT2D eigenvalue weighted by atomic mass is 10.1. The van der Waals surface area contributed by atoms with E-state index in [9.17, 15) is 4.79 Å².